The van der Waals surface area contributed by atoms with Crippen LogP contribution in [-0.4, -0.2) is 14.5 Å². The smallest absolute Gasteiger partial charge is 0.166 e. The van der Waals surface area contributed by atoms with Gasteiger partial charge in [-0.15, -0.1) is 22.7 Å². The second-order valence-corrected chi connectivity index (χ2v) is 14.3. The van der Waals surface area contributed by atoms with E-state index in [1.165, 1.54) is 57.2 Å². The van der Waals surface area contributed by atoms with Crippen LogP contribution in [0.5, 0.6) is 0 Å². The number of rotatable bonds is 2. The van der Waals surface area contributed by atoms with Gasteiger partial charge in [0.2, 0.25) is 0 Å². The first kappa shape index (κ1) is 25.6. The van der Waals surface area contributed by atoms with Gasteiger partial charge < -0.3 is 0 Å². The summed E-state index contributed by atoms with van der Waals surface area (Å²) in [6.07, 6.45) is 0. The van der Waals surface area contributed by atoms with Crippen molar-refractivity contribution in [2.45, 2.75) is 0 Å². The van der Waals surface area contributed by atoms with Crippen LogP contribution in [0.2, 0.25) is 0 Å². The van der Waals surface area contributed by atoms with Crippen LogP contribution < -0.4 is 0 Å². The monoisotopic (exact) mass is 633 g/mol. The lowest BCUT2D eigenvalue weighted by molar-refractivity contribution is 1.09. The Balaban J connectivity index is 1.31. The van der Waals surface area contributed by atoms with Crippen molar-refractivity contribution in [3.63, 3.8) is 0 Å². The van der Waals surface area contributed by atoms with E-state index in [0.29, 0.717) is 0 Å². The van der Waals surface area contributed by atoms with Gasteiger partial charge in [-0.1, -0.05) is 97.1 Å². The topological polar surface area (TPSA) is 30.7 Å². The van der Waals surface area contributed by atoms with Gasteiger partial charge in [-0.05, 0) is 64.0 Å². The minimum atomic E-state index is 0.857. The zero-order chi connectivity index (χ0) is 30.6. The first-order valence-electron chi connectivity index (χ1n) is 15.7. The number of aromatic nitrogens is 3. The molecule has 0 radical (unpaired) electrons. The molecule has 0 aliphatic rings. The van der Waals surface area contributed by atoms with E-state index in [4.69, 9.17) is 9.97 Å². The average molecular weight is 634 g/mol. The summed E-state index contributed by atoms with van der Waals surface area (Å²) >= 11 is 3.55. The molecule has 0 aliphatic carbocycles. The molecule has 0 spiro atoms. The van der Waals surface area contributed by atoms with Crippen molar-refractivity contribution < 1.29 is 0 Å². The molecular weight excluding hydrogens is 611 g/mol. The third kappa shape index (κ3) is 3.67. The molecule has 3 nitrogen and oxygen atoms in total. The first-order chi connectivity index (χ1) is 23.3. The number of hydrogen-bond donors (Lipinski definition) is 0. The molecule has 0 unspecified atom stereocenters. The van der Waals surface area contributed by atoms with Crippen molar-refractivity contribution in [3.05, 3.63) is 140 Å². The Labute approximate surface area is 276 Å². The van der Waals surface area contributed by atoms with E-state index >= 15 is 0 Å². The third-order valence-electron chi connectivity index (χ3n) is 9.56. The van der Waals surface area contributed by atoms with E-state index in [-0.39, 0.29) is 0 Å². The highest BCUT2D eigenvalue weighted by Crippen LogP contribution is 2.42. The van der Waals surface area contributed by atoms with Crippen LogP contribution in [-0.2, 0) is 0 Å². The number of hydrogen-bond acceptors (Lipinski definition) is 4. The second-order valence-electron chi connectivity index (χ2n) is 12.2. The summed E-state index contributed by atoms with van der Waals surface area (Å²) in [4.78, 5) is 12.0. The minimum Gasteiger partial charge on any atom is -0.292 e. The van der Waals surface area contributed by atoms with E-state index in [0.717, 1.165) is 43.8 Å². The largest absolute Gasteiger partial charge is 0.292 e. The van der Waals surface area contributed by atoms with Crippen molar-refractivity contribution >= 4 is 107 Å². The molecule has 0 amide bonds. The molecule has 0 saturated carbocycles. The molecule has 218 valence electrons. The molecule has 4 aromatic heterocycles. The Kier molecular flexibility index (Phi) is 5.14. The summed E-state index contributed by atoms with van der Waals surface area (Å²) in [5, 5.41) is 11.0. The van der Waals surface area contributed by atoms with Gasteiger partial charge in [-0.25, -0.2) is 9.97 Å². The fourth-order valence-electron chi connectivity index (χ4n) is 7.35. The molecule has 11 aromatic rings. The molecule has 4 heterocycles. The Hall–Kier alpha value is -5.62. The normalized spacial score (nSPS) is 12.3. The summed E-state index contributed by atoms with van der Waals surface area (Å²) in [7, 11) is 0. The van der Waals surface area contributed by atoms with Crippen LogP contribution in [0.25, 0.3) is 101 Å². The van der Waals surface area contributed by atoms with Crippen LogP contribution in [0.4, 0.5) is 0 Å². The second kappa shape index (κ2) is 9.46. The molecular formula is C42H23N3S2. The zero-order valence-electron chi connectivity index (χ0n) is 24.9. The van der Waals surface area contributed by atoms with Crippen molar-refractivity contribution in [3.8, 4) is 17.1 Å². The van der Waals surface area contributed by atoms with Gasteiger partial charge in [0.1, 0.15) is 16.0 Å². The third-order valence-corrected chi connectivity index (χ3v) is 11.7. The molecule has 0 aliphatic heterocycles. The van der Waals surface area contributed by atoms with Crippen molar-refractivity contribution in [1.82, 2.24) is 14.5 Å². The molecule has 0 fully saturated rings. The fraction of sp³-hybridized carbons (Fsp3) is 0. The van der Waals surface area contributed by atoms with Gasteiger partial charge in [0.05, 0.1) is 11.0 Å². The van der Waals surface area contributed by atoms with Gasteiger partial charge in [0, 0.05) is 46.6 Å². The highest BCUT2D eigenvalue weighted by atomic mass is 32.1. The Morgan fingerprint density at radius 3 is 1.66 bits per heavy atom. The molecule has 7 aromatic carbocycles. The average Bonchev–Trinajstić information content (AvgIpc) is 3.77. The predicted octanol–water partition coefficient (Wildman–Crippen LogP) is 12.3. The summed E-state index contributed by atoms with van der Waals surface area (Å²) in [5.74, 6) is 0.857. The van der Waals surface area contributed by atoms with Crippen LogP contribution in [0.15, 0.2) is 140 Å². The van der Waals surface area contributed by atoms with Gasteiger partial charge in [-0.3, -0.25) is 4.57 Å². The van der Waals surface area contributed by atoms with Crippen LogP contribution >= 0.6 is 22.7 Å². The minimum absolute atomic E-state index is 0.857. The summed E-state index contributed by atoms with van der Waals surface area (Å²) in [6.45, 7) is 0. The maximum Gasteiger partial charge on any atom is 0.166 e. The lowest BCUT2D eigenvalue weighted by Gasteiger charge is -2.13. The fourth-order valence-corrected chi connectivity index (χ4v) is 9.51. The molecule has 11 rings (SSSR count). The number of fused-ring (bicyclic) bond motifs is 11. The lowest BCUT2D eigenvalue weighted by atomic mass is 10.0. The highest BCUT2D eigenvalue weighted by molar-refractivity contribution is 7.26. The van der Waals surface area contributed by atoms with Crippen molar-refractivity contribution in [2.75, 3.05) is 0 Å². The number of benzene rings is 7. The number of thiophene rings is 2. The van der Waals surface area contributed by atoms with Crippen LogP contribution in [0.1, 0.15) is 0 Å². The van der Waals surface area contributed by atoms with Gasteiger partial charge >= 0.3 is 0 Å². The Morgan fingerprint density at radius 1 is 0.426 bits per heavy atom. The summed E-state index contributed by atoms with van der Waals surface area (Å²) in [6, 6.07) is 50.6. The van der Waals surface area contributed by atoms with Gasteiger partial charge in [-0.2, -0.15) is 0 Å². The summed E-state index contributed by atoms with van der Waals surface area (Å²) in [5.41, 5.74) is 5.18. The molecule has 0 N–H and O–H groups in total. The van der Waals surface area contributed by atoms with E-state index < -0.39 is 0 Å². The maximum absolute atomic E-state index is 5.54. The number of nitrogens with zero attached hydrogens (tertiary/aromatic N) is 3. The molecule has 5 heteroatoms. The molecule has 47 heavy (non-hydrogen) atoms. The Morgan fingerprint density at radius 2 is 0.979 bits per heavy atom. The zero-order valence-corrected chi connectivity index (χ0v) is 26.6. The molecule has 0 saturated heterocycles. The predicted molar refractivity (Wildman–Crippen MR) is 203 cm³/mol. The Bertz CT molecular complexity index is 3000. The van der Waals surface area contributed by atoms with Gasteiger partial charge in [0.25, 0.3) is 0 Å². The lowest BCUT2D eigenvalue weighted by Crippen LogP contribution is -2.03. The standard InChI is InChI=1S/C42H23N3S2/c1-3-11-26-21-34-32(19-24(26)9-1)33-20-25-10-2-4-12-27(25)22-35(33)45(34)41-39(43-40-31-14-6-8-16-37(31)47-42(40)44-41)28-17-18-30-29-13-5-7-15-36(29)46-38(30)23-28/h1-23H. The van der Waals surface area contributed by atoms with Crippen molar-refractivity contribution in [1.29, 1.82) is 0 Å². The summed E-state index contributed by atoms with van der Waals surface area (Å²) < 4.78 is 6.12. The van der Waals surface area contributed by atoms with E-state index in [1.54, 1.807) is 11.3 Å². The highest BCUT2D eigenvalue weighted by Gasteiger charge is 2.22. The SMILES string of the molecule is c1ccc2cc3c(cc2c1)c1cc2ccccc2cc1n3-c1nc2sc3ccccc3c2nc1-c1ccc2c(c1)sc1ccccc12. The van der Waals surface area contributed by atoms with Crippen LogP contribution in [0, 0.1) is 0 Å². The van der Waals surface area contributed by atoms with Gasteiger partial charge in [0.15, 0.2) is 5.82 Å². The van der Waals surface area contributed by atoms with E-state index in [1.807, 2.05) is 11.3 Å². The van der Waals surface area contributed by atoms with E-state index in [2.05, 4.69) is 144 Å². The molecule has 0 bridgehead atoms. The van der Waals surface area contributed by atoms with Crippen LogP contribution in [0.3, 0.4) is 0 Å². The maximum atomic E-state index is 5.54. The molecule has 0 atom stereocenters. The van der Waals surface area contributed by atoms with E-state index in [9.17, 15) is 0 Å². The quantitative estimate of drug-likeness (QED) is 0.190. The van der Waals surface area contributed by atoms with Crippen molar-refractivity contribution in [2.24, 2.45) is 0 Å². The first-order valence-corrected chi connectivity index (χ1v) is 17.4.